The van der Waals surface area contributed by atoms with E-state index in [4.69, 9.17) is 14.2 Å². The molecule has 1 N–H and O–H groups in total. The van der Waals surface area contributed by atoms with Gasteiger partial charge in [-0.2, -0.15) is 0 Å². The first kappa shape index (κ1) is 19.3. The Bertz CT molecular complexity index is 1040. The number of fused-ring (bicyclic) bond motifs is 2. The molecule has 29 heavy (non-hydrogen) atoms. The Balaban J connectivity index is 1.58. The van der Waals surface area contributed by atoms with Crippen LogP contribution in [0.1, 0.15) is 39.8 Å². The average Bonchev–Trinajstić information content (AvgIpc) is 3.13. The number of nitrogens with zero attached hydrogens (tertiary/aromatic N) is 2. The van der Waals surface area contributed by atoms with Crippen LogP contribution in [0.3, 0.4) is 0 Å². The van der Waals surface area contributed by atoms with E-state index in [0.29, 0.717) is 37.5 Å². The van der Waals surface area contributed by atoms with Crippen LogP contribution in [0.5, 0.6) is 11.5 Å². The predicted octanol–water partition coefficient (Wildman–Crippen LogP) is 3.23. The number of aromatic nitrogens is 2. The van der Waals surface area contributed by atoms with Gasteiger partial charge in [0.15, 0.2) is 0 Å². The third-order valence-corrected chi connectivity index (χ3v) is 5.07. The Morgan fingerprint density at radius 2 is 2.14 bits per heavy atom. The topological polar surface area (TPSA) is 74.1 Å². The number of hydrogen-bond donors (Lipinski definition) is 1. The van der Waals surface area contributed by atoms with Gasteiger partial charge in [0.25, 0.3) is 5.91 Å². The van der Waals surface area contributed by atoms with Crippen LogP contribution in [0.4, 0.5) is 0 Å². The van der Waals surface area contributed by atoms with Crippen molar-refractivity contribution in [1.29, 1.82) is 0 Å². The highest BCUT2D eigenvalue weighted by molar-refractivity contribution is 6.00. The quantitative estimate of drug-likeness (QED) is 0.649. The fourth-order valence-electron chi connectivity index (χ4n) is 3.66. The van der Waals surface area contributed by atoms with Crippen LogP contribution >= 0.6 is 0 Å². The SMILES string of the molecule is COCCOc1ccc2c(c1)C(NC(=O)c1ccn3c(C)cc(C)nc13)CCO2. The van der Waals surface area contributed by atoms with Crippen LogP contribution in [0, 0.1) is 13.8 Å². The minimum Gasteiger partial charge on any atom is -0.493 e. The first-order valence-electron chi connectivity index (χ1n) is 9.71. The summed E-state index contributed by atoms with van der Waals surface area (Å²) in [5, 5.41) is 3.15. The van der Waals surface area contributed by atoms with Gasteiger partial charge in [0.2, 0.25) is 0 Å². The number of ether oxygens (including phenoxy) is 3. The van der Waals surface area contributed by atoms with Crippen molar-refractivity contribution in [2.45, 2.75) is 26.3 Å². The lowest BCUT2D eigenvalue weighted by Gasteiger charge is -2.27. The Kier molecular flexibility index (Phi) is 5.40. The van der Waals surface area contributed by atoms with Gasteiger partial charge >= 0.3 is 0 Å². The number of methoxy groups -OCH3 is 1. The molecular formula is C22H25N3O4. The van der Waals surface area contributed by atoms with E-state index in [2.05, 4.69) is 10.3 Å². The van der Waals surface area contributed by atoms with Crippen LogP contribution in [0.15, 0.2) is 36.5 Å². The zero-order valence-corrected chi connectivity index (χ0v) is 16.9. The molecule has 1 aliphatic rings. The number of benzene rings is 1. The molecule has 3 heterocycles. The van der Waals surface area contributed by atoms with Gasteiger partial charge in [-0.05, 0) is 44.2 Å². The number of carbonyl (C=O) groups is 1. The molecule has 7 nitrogen and oxygen atoms in total. The second-order valence-electron chi connectivity index (χ2n) is 7.17. The van der Waals surface area contributed by atoms with Gasteiger partial charge < -0.3 is 23.9 Å². The van der Waals surface area contributed by atoms with Gasteiger partial charge in [0.05, 0.1) is 24.8 Å². The van der Waals surface area contributed by atoms with Gasteiger partial charge in [-0.3, -0.25) is 4.79 Å². The molecule has 1 atom stereocenters. The highest BCUT2D eigenvalue weighted by Gasteiger charge is 2.25. The summed E-state index contributed by atoms with van der Waals surface area (Å²) < 4.78 is 18.4. The highest BCUT2D eigenvalue weighted by atomic mass is 16.5. The van der Waals surface area contributed by atoms with E-state index in [1.54, 1.807) is 7.11 Å². The average molecular weight is 395 g/mol. The van der Waals surface area contributed by atoms with Gasteiger partial charge in [-0.15, -0.1) is 0 Å². The summed E-state index contributed by atoms with van der Waals surface area (Å²) in [6.07, 6.45) is 2.57. The Morgan fingerprint density at radius 1 is 1.28 bits per heavy atom. The number of rotatable bonds is 6. The summed E-state index contributed by atoms with van der Waals surface area (Å²) in [4.78, 5) is 17.6. The first-order valence-corrected chi connectivity index (χ1v) is 9.71. The second-order valence-corrected chi connectivity index (χ2v) is 7.17. The Hall–Kier alpha value is -3.06. The van der Waals surface area contributed by atoms with Crippen molar-refractivity contribution >= 4 is 11.6 Å². The number of aryl methyl sites for hydroxylation is 2. The molecule has 1 aliphatic heterocycles. The monoisotopic (exact) mass is 395 g/mol. The lowest BCUT2D eigenvalue weighted by atomic mass is 10.00. The van der Waals surface area contributed by atoms with Crippen molar-refractivity contribution < 1.29 is 19.0 Å². The van der Waals surface area contributed by atoms with Crippen molar-refractivity contribution in [3.63, 3.8) is 0 Å². The second kappa shape index (κ2) is 8.13. The van der Waals surface area contributed by atoms with Crippen LogP contribution in [0.25, 0.3) is 5.65 Å². The molecule has 1 unspecified atom stereocenters. The van der Waals surface area contributed by atoms with Gasteiger partial charge in [0.1, 0.15) is 23.8 Å². The molecule has 4 rings (SSSR count). The Morgan fingerprint density at radius 3 is 2.97 bits per heavy atom. The fraction of sp³-hybridized carbons (Fsp3) is 0.364. The fourth-order valence-corrected chi connectivity index (χ4v) is 3.66. The molecule has 1 aromatic carbocycles. The highest BCUT2D eigenvalue weighted by Crippen LogP contribution is 2.35. The van der Waals surface area contributed by atoms with E-state index in [-0.39, 0.29) is 11.9 Å². The van der Waals surface area contributed by atoms with Crippen molar-refractivity contribution in [3.8, 4) is 11.5 Å². The van der Waals surface area contributed by atoms with Gasteiger partial charge in [-0.25, -0.2) is 4.98 Å². The summed E-state index contributed by atoms with van der Waals surface area (Å²) in [6, 6.07) is 9.34. The molecule has 0 saturated heterocycles. The standard InChI is InChI=1S/C22H25N3O4/c1-14-12-15(2)25-8-6-17(21(25)23-14)22(26)24-19-7-9-29-20-5-4-16(13-18(19)20)28-11-10-27-3/h4-6,8,12-13,19H,7,9-11H2,1-3H3,(H,24,26). The number of amides is 1. The molecule has 0 bridgehead atoms. The maximum absolute atomic E-state index is 13.1. The van der Waals surface area contributed by atoms with Gasteiger partial charge in [-0.1, -0.05) is 0 Å². The smallest absolute Gasteiger partial charge is 0.255 e. The molecule has 0 spiro atoms. The maximum atomic E-state index is 13.1. The van der Waals surface area contributed by atoms with E-state index < -0.39 is 0 Å². The summed E-state index contributed by atoms with van der Waals surface area (Å²) in [6.45, 7) is 5.47. The third-order valence-electron chi connectivity index (χ3n) is 5.07. The summed E-state index contributed by atoms with van der Waals surface area (Å²) in [7, 11) is 1.64. The molecule has 2 aromatic heterocycles. The number of carbonyl (C=O) groups excluding carboxylic acids is 1. The zero-order valence-electron chi connectivity index (χ0n) is 16.9. The van der Waals surface area contributed by atoms with Crippen LogP contribution in [0.2, 0.25) is 0 Å². The molecule has 1 amide bonds. The van der Waals surface area contributed by atoms with E-state index in [1.165, 1.54) is 0 Å². The van der Waals surface area contributed by atoms with E-state index in [1.807, 2.05) is 54.8 Å². The zero-order chi connectivity index (χ0) is 20.4. The van der Waals surface area contributed by atoms with Gasteiger partial charge in [0, 0.05) is 36.7 Å². The third kappa shape index (κ3) is 3.91. The molecule has 152 valence electrons. The van der Waals surface area contributed by atoms with E-state index >= 15 is 0 Å². The number of nitrogens with one attached hydrogen (secondary N) is 1. The minimum atomic E-state index is -0.155. The molecule has 0 saturated carbocycles. The van der Waals surface area contributed by atoms with Crippen molar-refractivity contribution in [3.05, 3.63) is 59.0 Å². The van der Waals surface area contributed by atoms with Crippen LogP contribution in [-0.4, -0.2) is 42.2 Å². The summed E-state index contributed by atoms with van der Waals surface area (Å²) in [5.41, 5.74) is 4.09. The van der Waals surface area contributed by atoms with E-state index in [9.17, 15) is 4.79 Å². The van der Waals surface area contributed by atoms with Crippen molar-refractivity contribution in [2.24, 2.45) is 0 Å². The molecule has 3 aromatic rings. The normalized spacial score (nSPS) is 15.6. The molecule has 0 radical (unpaired) electrons. The summed E-state index contributed by atoms with van der Waals surface area (Å²) >= 11 is 0. The van der Waals surface area contributed by atoms with Crippen molar-refractivity contribution in [1.82, 2.24) is 14.7 Å². The predicted molar refractivity (Wildman–Crippen MR) is 109 cm³/mol. The van der Waals surface area contributed by atoms with E-state index in [0.717, 1.165) is 28.5 Å². The molecule has 0 fully saturated rings. The maximum Gasteiger partial charge on any atom is 0.255 e. The largest absolute Gasteiger partial charge is 0.493 e. The van der Waals surface area contributed by atoms with Crippen LogP contribution < -0.4 is 14.8 Å². The molecule has 0 aliphatic carbocycles. The summed E-state index contributed by atoms with van der Waals surface area (Å²) in [5.74, 6) is 1.36. The lowest BCUT2D eigenvalue weighted by Crippen LogP contribution is -2.32. The first-order chi connectivity index (χ1) is 14.1. The van der Waals surface area contributed by atoms with Crippen molar-refractivity contribution in [2.75, 3.05) is 26.9 Å². The number of hydrogen-bond acceptors (Lipinski definition) is 5. The minimum absolute atomic E-state index is 0.145. The molecule has 7 heteroatoms. The molecular weight excluding hydrogens is 370 g/mol. The van der Waals surface area contributed by atoms with Crippen LogP contribution in [-0.2, 0) is 4.74 Å². The lowest BCUT2D eigenvalue weighted by molar-refractivity contribution is 0.0926. The Labute approximate surface area is 169 Å².